The van der Waals surface area contributed by atoms with Gasteiger partial charge in [-0.2, -0.15) is 0 Å². The Labute approximate surface area is 163 Å². The number of anilines is 2. The summed E-state index contributed by atoms with van der Waals surface area (Å²) in [6.45, 7) is 5.58. The number of nitrogens with one attached hydrogen (secondary N) is 2. The van der Waals surface area contributed by atoms with Crippen molar-refractivity contribution >= 4 is 28.6 Å². The minimum Gasteiger partial charge on any atom is -0.378 e. The summed E-state index contributed by atoms with van der Waals surface area (Å²) in [5, 5.41) is 5.52. The van der Waals surface area contributed by atoms with E-state index in [2.05, 4.69) is 26.6 Å². The monoisotopic (exact) mass is 377 g/mol. The van der Waals surface area contributed by atoms with Crippen molar-refractivity contribution in [3.63, 3.8) is 0 Å². The Morgan fingerprint density at radius 3 is 2.57 bits per heavy atom. The maximum atomic E-state index is 11.6. The first-order valence-electron chi connectivity index (χ1n) is 9.48. The second-order valence-electron chi connectivity index (χ2n) is 6.59. The van der Waals surface area contributed by atoms with E-state index < -0.39 is 0 Å². The van der Waals surface area contributed by atoms with Crippen LogP contribution in [0.2, 0.25) is 0 Å². The second kappa shape index (κ2) is 8.22. The van der Waals surface area contributed by atoms with Crippen LogP contribution in [0, 0.1) is 0 Å². The number of urea groups is 1. The highest BCUT2D eigenvalue weighted by molar-refractivity contribution is 5.89. The van der Waals surface area contributed by atoms with Crippen molar-refractivity contribution in [2.75, 3.05) is 43.1 Å². The van der Waals surface area contributed by atoms with Gasteiger partial charge in [0.05, 0.1) is 30.4 Å². The number of benzene rings is 2. The molecule has 2 heterocycles. The van der Waals surface area contributed by atoms with E-state index in [4.69, 9.17) is 9.72 Å². The lowest BCUT2D eigenvalue weighted by molar-refractivity contribution is 0.122. The standard InChI is InChI=1S/C21H23N5O2/c1-2-22-21(27)24-17-6-3-15(4-7-17)16-5-8-18-19(13-16)25-20(14-23-18)26-9-11-28-12-10-26/h3-8,13-14H,2,9-12H2,1H3,(H2,22,24,27). The lowest BCUT2D eigenvalue weighted by atomic mass is 10.0. The topological polar surface area (TPSA) is 79.4 Å². The van der Waals surface area contributed by atoms with Gasteiger partial charge in [-0.05, 0) is 42.3 Å². The fourth-order valence-electron chi connectivity index (χ4n) is 3.21. The number of carbonyl (C=O) groups is 1. The van der Waals surface area contributed by atoms with E-state index in [9.17, 15) is 4.79 Å². The van der Waals surface area contributed by atoms with E-state index in [1.54, 1.807) is 0 Å². The van der Waals surface area contributed by atoms with Gasteiger partial charge in [0.15, 0.2) is 0 Å². The Bertz CT molecular complexity index is 968. The van der Waals surface area contributed by atoms with Crippen LogP contribution in [0.25, 0.3) is 22.2 Å². The number of hydrogen-bond acceptors (Lipinski definition) is 5. The normalized spacial score (nSPS) is 14.1. The molecular weight excluding hydrogens is 354 g/mol. The van der Waals surface area contributed by atoms with E-state index in [1.807, 2.05) is 49.5 Å². The van der Waals surface area contributed by atoms with Gasteiger partial charge >= 0.3 is 6.03 Å². The highest BCUT2D eigenvalue weighted by Gasteiger charge is 2.13. The van der Waals surface area contributed by atoms with Crippen LogP contribution in [0.1, 0.15) is 6.92 Å². The fourth-order valence-corrected chi connectivity index (χ4v) is 3.21. The summed E-state index contributed by atoms with van der Waals surface area (Å²) in [4.78, 5) is 23.2. The molecule has 0 saturated carbocycles. The summed E-state index contributed by atoms with van der Waals surface area (Å²) in [7, 11) is 0. The summed E-state index contributed by atoms with van der Waals surface area (Å²) in [5.41, 5.74) is 4.61. The van der Waals surface area contributed by atoms with Crippen LogP contribution in [0.3, 0.4) is 0 Å². The molecule has 2 amide bonds. The quantitative estimate of drug-likeness (QED) is 0.729. The van der Waals surface area contributed by atoms with Gasteiger partial charge in [0.1, 0.15) is 5.82 Å². The summed E-state index contributed by atoms with van der Waals surface area (Å²) < 4.78 is 5.41. The third-order valence-electron chi connectivity index (χ3n) is 4.68. The number of carbonyl (C=O) groups excluding carboxylic acids is 1. The minimum atomic E-state index is -0.202. The van der Waals surface area contributed by atoms with Crippen LogP contribution in [0.5, 0.6) is 0 Å². The molecule has 1 aliphatic rings. The Balaban J connectivity index is 1.57. The van der Waals surface area contributed by atoms with E-state index in [1.165, 1.54) is 0 Å². The molecule has 0 aliphatic carbocycles. The summed E-state index contributed by atoms with van der Waals surface area (Å²) in [6.07, 6.45) is 1.83. The van der Waals surface area contributed by atoms with Gasteiger partial charge in [-0.25, -0.2) is 9.78 Å². The zero-order valence-corrected chi connectivity index (χ0v) is 15.8. The molecule has 3 aromatic rings. The molecule has 2 N–H and O–H groups in total. The molecule has 7 nitrogen and oxygen atoms in total. The molecule has 1 fully saturated rings. The van der Waals surface area contributed by atoms with Crippen LogP contribution in [0.15, 0.2) is 48.7 Å². The van der Waals surface area contributed by atoms with Crippen molar-refractivity contribution in [2.24, 2.45) is 0 Å². The molecule has 1 aromatic heterocycles. The van der Waals surface area contributed by atoms with Crippen LogP contribution in [0.4, 0.5) is 16.3 Å². The van der Waals surface area contributed by atoms with Crippen LogP contribution >= 0.6 is 0 Å². The Hall–Kier alpha value is -3.19. The van der Waals surface area contributed by atoms with Gasteiger partial charge < -0.3 is 20.3 Å². The maximum Gasteiger partial charge on any atom is 0.319 e. The number of amides is 2. The van der Waals surface area contributed by atoms with Crippen molar-refractivity contribution < 1.29 is 9.53 Å². The van der Waals surface area contributed by atoms with Gasteiger partial charge in [-0.3, -0.25) is 4.98 Å². The van der Waals surface area contributed by atoms with Gasteiger partial charge in [0.2, 0.25) is 0 Å². The largest absolute Gasteiger partial charge is 0.378 e. The van der Waals surface area contributed by atoms with Crippen molar-refractivity contribution in [1.82, 2.24) is 15.3 Å². The first-order chi connectivity index (χ1) is 13.7. The zero-order valence-electron chi connectivity index (χ0n) is 15.8. The predicted molar refractivity (Wildman–Crippen MR) is 111 cm³/mol. The van der Waals surface area contributed by atoms with Crippen molar-refractivity contribution in [2.45, 2.75) is 6.92 Å². The number of morpholine rings is 1. The molecule has 7 heteroatoms. The number of ether oxygens (including phenoxy) is 1. The van der Waals surface area contributed by atoms with Crippen molar-refractivity contribution in [3.05, 3.63) is 48.7 Å². The zero-order chi connectivity index (χ0) is 19.3. The number of hydrogen-bond donors (Lipinski definition) is 2. The molecule has 0 unspecified atom stereocenters. The van der Waals surface area contributed by atoms with Crippen LogP contribution in [-0.4, -0.2) is 48.8 Å². The number of aromatic nitrogens is 2. The SMILES string of the molecule is CCNC(=O)Nc1ccc(-c2ccc3ncc(N4CCOCC4)nc3c2)cc1. The molecule has 28 heavy (non-hydrogen) atoms. The number of fused-ring (bicyclic) bond motifs is 1. The molecule has 0 spiro atoms. The average molecular weight is 377 g/mol. The molecule has 0 atom stereocenters. The molecule has 1 saturated heterocycles. The first kappa shape index (κ1) is 18.2. The van der Waals surface area contributed by atoms with Crippen LogP contribution < -0.4 is 15.5 Å². The third-order valence-corrected chi connectivity index (χ3v) is 4.68. The minimum absolute atomic E-state index is 0.202. The van der Waals surface area contributed by atoms with Gasteiger partial charge in [0.25, 0.3) is 0 Å². The van der Waals surface area contributed by atoms with E-state index in [0.29, 0.717) is 6.54 Å². The second-order valence-corrected chi connectivity index (χ2v) is 6.59. The Kier molecular flexibility index (Phi) is 5.34. The first-order valence-corrected chi connectivity index (χ1v) is 9.48. The Morgan fingerprint density at radius 1 is 1.07 bits per heavy atom. The highest BCUT2D eigenvalue weighted by atomic mass is 16.5. The predicted octanol–water partition coefficient (Wildman–Crippen LogP) is 3.27. The van der Waals surface area contributed by atoms with Crippen molar-refractivity contribution in [1.29, 1.82) is 0 Å². The molecule has 0 bridgehead atoms. The summed E-state index contributed by atoms with van der Waals surface area (Å²) in [5.74, 6) is 0.884. The molecule has 0 radical (unpaired) electrons. The number of nitrogens with zero attached hydrogens (tertiary/aromatic N) is 3. The average Bonchev–Trinajstić information content (AvgIpc) is 2.74. The van der Waals surface area contributed by atoms with Crippen molar-refractivity contribution in [3.8, 4) is 11.1 Å². The smallest absolute Gasteiger partial charge is 0.319 e. The highest BCUT2D eigenvalue weighted by Crippen LogP contribution is 2.25. The van der Waals surface area contributed by atoms with Gasteiger partial charge in [0, 0.05) is 25.3 Å². The van der Waals surface area contributed by atoms with E-state index in [0.717, 1.165) is 60.0 Å². The lowest BCUT2D eigenvalue weighted by Gasteiger charge is -2.27. The lowest BCUT2D eigenvalue weighted by Crippen LogP contribution is -2.36. The van der Waals surface area contributed by atoms with E-state index in [-0.39, 0.29) is 6.03 Å². The molecular formula is C21H23N5O2. The maximum absolute atomic E-state index is 11.6. The van der Waals surface area contributed by atoms with E-state index >= 15 is 0 Å². The van der Waals surface area contributed by atoms with Gasteiger partial charge in [-0.15, -0.1) is 0 Å². The molecule has 144 valence electrons. The Morgan fingerprint density at radius 2 is 1.82 bits per heavy atom. The third kappa shape index (κ3) is 4.04. The van der Waals surface area contributed by atoms with Gasteiger partial charge in [-0.1, -0.05) is 18.2 Å². The van der Waals surface area contributed by atoms with Crippen LogP contribution in [-0.2, 0) is 4.74 Å². The molecule has 2 aromatic carbocycles. The number of rotatable bonds is 4. The summed E-state index contributed by atoms with van der Waals surface area (Å²) >= 11 is 0. The molecule has 1 aliphatic heterocycles. The summed E-state index contributed by atoms with van der Waals surface area (Å²) in [6, 6.07) is 13.6. The molecule has 4 rings (SSSR count). The fraction of sp³-hybridized carbons (Fsp3) is 0.286.